The van der Waals surface area contributed by atoms with E-state index >= 15 is 0 Å². The summed E-state index contributed by atoms with van der Waals surface area (Å²) in [4.78, 5) is 11.7. The zero-order valence-electron chi connectivity index (χ0n) is 11.9. The second-order valence-corrected chi connectivity index (χ2v) is 4.33. The van der Waals surface area contributed by atoms with E-state index in [-0.39, 0.29) is 12.7 Å². The van der Waals surface area contributed by atoms with Crippen molar-refractivity contribution in [1.82, 2.24) is 0 Å². The molecule has 2 aromatic carbocycles. The Balaban J connectivity index is 1.88. The molecule has 0 spiro atoms. The molecule has 0 aliphatic rings. The molecular weight excluding hydrogens is 268 g/mol. The summed E-state index contributed by atoms with van der Waals surface area (Å²) in [6, 6.07) is 18.4. The smallest absolute Gasteiger partial charge is 0.431 e. The van der Waals surface area contributed by atoms with Gasteiger partial charge in [-0.2, -0.15) is 0 Å². The highest BCUT2D eigenvalue weighted by Crippen LogP contribution is 2.18. The zero-order valence-corrected chi connectivity index (χ0v) is 11.9. The van der Waals surface area contributed by atoms with Crippen LogP contribution in [0.2, 0.25) is 0 Å². The summed E-state index contributed by atoms with van der Waals surface area (Å²) in [6.45, 7) is 2.55. The molecule has 21 heavy (non-hydrogen) atoms. The van der Waals surface area contributed by atoms with Gasteiger partial charge in [-0.25, -0.2) is 4.79 Å². The summed E-state index contributed by atoms with van der Waals surface area (Å²) < 4.78 is 15.8. The fourth-order valence-corrected chi connectivity index (χ4v) is 1.87. The Hall–Kier alpha value is -2.33. The number of hydrogen-bond acceptors (Lipinski definition) is 4. The molecule has 1 unspecified atom stereocenters. The van der Waals surface area contributed by atoms with Crippen LogP contribution < -0.4 is 4.74 Å². The third-order valence-corrected chi connectivity index (χ3v) is 2.84. The first-order chi connectivity index (χ1) is 10.3. The molecule has 0 saturated heterocycles. The monoisotopic (exact) mass is 286 g/mol. The van der Waals surface area contributed by atoms with Crippen LogP contribution in [-0.4, -0.2) is 19.4 Å². The van der Waals surface area contributed by atoms with Gasteiger partial charge in [0.1, 0.15) is 18.5 Å². The fraction of sp³-hybridized carbons (Fsp3) is 0.235. The number of benzene rings is 2. The van der Waals surface area contributed by atoms with E-state index in [0.717, 1.165) is 5.56 Å². The predicted molar refractivity (Wildman–Crippen MR) is 79.2 cm³/mol. The minimum atomic E-state index is -0.734. The fourth-order valence-electron chi connectivity index (χ4n) is 1.87. The van der Waals surface area contributed by atoms with Gasteiger partial charge in [0, 0.05) is 6.61 Å². The van der Waals surface area contributed by atoms with Crippen LogP contribution in [0.15, 0.2) is 60.7 Å². The molecule has 110 valence electrons. The number of ether oxygens (including phenoxy) is 3. The topological polar surface area (TPSA) is 44.8 Å². The number of hydrogen-bond donors (Lipinski definition) is 0. The van der Waals surface area contributed by atoms with Gasteiger partial charge in [0.2, 0.25) is 0 Å². The van der Waals surface area contributed by atoms with Crippen molar-refractivity contribution in [3.63, 3.8) is 0 Å². The Bertz CT molecular complexity index is 539. The van der Waals surface area contributed by atoms with Gasteiger partial charge in [0.05, 0.1) is 0 Å². The lowest BCUT2D eigenvalue weighted by atomic mass is 10.1. The van der Waals surface area contributed by atoms with Gasteiger partial charge in [-0.05, 0) is 24.6 Å². The van der Waals surface area contributed by atoms with Crippen LogP contribution in [0.4, 0.5) is 4.79 Å². The van der Waals surface area contributed by atoms with E-state index < -0.39 is 6.16 Å². The lowest BCUT2D eigenvalue weighted by Crippen LogP contribution is -2.18. The molecule has 0 aromatic heterocycles. The molecule has 0 aliphatic carbocycles. The Morgan fingerprint density at radius 2 is 1.62 bits per heavy atom. The maximum atomic E-state index is 11.7. The van der Waals surface area contributed by atoms with Crippen molar-refractivity contribution in [1.29, 1.82) is 0 Å². The SMILES string of the molecule is CCOC(COC(=O)Oc1ccccc1)c1ccccc1. The van der Waals surface area contributed by atoms with Crippen molar-refractivity contribution in [3.05, 3.63) is 66.2 Å². The lowest BCUT2D eigenvalue weighted by Gasteiger charge is -2.17. The van der Waals surface area contributed by atoms with Crippen LogP contribution in [0.5, 0.6) is 5.75 Å². The second-order valence-electron chi connectivity index (χ2n) is 4.33. The van der Waals surface area contributed by atoms with E-state index in [1.807, 2.05) is 43.3 Å². The van der Waals surface area contributed by atoms with Crippen molar-refractivity contribution >= 4 is 6.16 Å². The Labute approximate surface area is 124 Å². The largest absolute Gasteiger partial charge is 0.513 e. The maximum absolute atomic E-state index is 11.7. The van der Waals surface area contributed by atoms with Crippen LogP contribution in [0.1, 0.15) is 18.6 Å². The average Bonchev–Trinajstić information content (AvgIpc) is 2.53. The van der Waals surface area contributed by atoms with E-state index in [2.05, 4.69) is 0 Å². The Morgan fingerprint density at radius 3 is 2.24 bits per heavy atom. The first-order valence-corrected chi connectivity index (χ1v) is 6.85. The summed E-state index contributed by atoms with van der Waals surface area (Å²) in [5.41, 5.74) is 0.965. The van der Waals surface area contributed by atoms with E-state index in [4.69, 9.17) is 14.2 Å². The van der Waals surface area contributed by atoms with Gasteiger partial charge < -0.3 is 14.2 Å². The summed E-state index contributed by atoms with van der Waals surface area (Å²) in [5, 5.41) is 0. The highest BCUT2D eigenvalue weighted by atomic mass is 16.7. The minimum absolute atomic E-state index is 0.115. The van der Waals surface area contributed by atoms with Crippen LogP contribution in [0, 0.1) is 0 Å². The molecule has 0 amide bonds. The van der Waals surface area contributed by atoms with Gasteiger partial charge in [-0.1, -0.05) is 48.5 Å². The molecule has 0 fully saturated rings. The highest BCUT2D eigenvalue weighted by Gasteiger charge is 2.15. The van der Waals surface area contributed by atoms with Gasteiger partial charge in [0.15, 0.2) is 0 Å². The molecule has 0 bridgehead atoms. The molecule has 2 rings (SSSR count). The second kappa shape index (κ2) is 8.07. The molecular formula is C17H18O4. The van der Waals surface area contributed by atoms with E-state index in [1.54, 1.807) is 24.3 Å². The van der Waals surface area contributed by atoms with E-state index in [9.17, 15) is 4.79 Å². The minimum Gasteiger partial charge on any atom is -0.431 e. The van der Waals surface area contributed by atoms with Crippen molar-refractivity contribution in [2.24, 2.45) is 0 Å². The number of para-hydroxylation sites is 1. The summed E-state index contributed by atoms with van der Waals surface area (Å²) in [7, 11) is 0. The molecule has 0 aliphatic heterocycles. The van der Waals surface area contributed by atoms with Gasteiger partial charge in [-0.3, -0.25) is 0 Å². The molecule has 0 radical (unpaired) electrons. The average molecular weight is 286 g/mol. The number of carbonyl (C=O) groups is 1. The quantitative estimate of drug-likeness (QED) is 0.595. The molecule has 0 saturated carbocycles. The summed E-state index contributed by atoms with van der Waals surface area (Å²) >= 11 is 0. The predicted octanol–water partition coefficient (Wildman–Crippen LogP) is 3.98. The summed E-state index contributed by atoms with van der Waals surface area (Å²) in [5.74, 6) is 0.454. The molecule has 1 atom stereocenters. The van der Waals surface area contributed by atoms with Crippen molar-refractivity contribution in [2.75, 3.05) is 13.2 Å². The van der Waals surface area contributed by atoms with Gasteiger partial charge in [0.25, 0.3) is 0 Å². The molecule has 0 heterocycles. The maximum Gasteiger partial charge on any atom is 0.513 e. The Kier molecular flexibility index (Phi) is 5.79. The Morgan fingerprint density at radius 1 is 1.00 bits per heavy atom. The zero-order chi connectivity index (χ0) is 14.9. The molecule has 2 aromatic rings. The van der Waals surface area contributed by atoms with Crippen LogP contribution in [-0.2, 0) is 9.47 Å². The normalized spacial score (nSPS) is 11.7. The van der Waals surface area contributed by atoms with E-state index in [1.165, 1.54) is 0 Å². The van der Waals surface area contributed by atoms with Crippen LogP contribution in [0.25, 0.3) is 0 Å². The molecule has 0 N–H and O–H groups in total. The standard InChI is InChI=1S/C17H18O4/c1-2-19-16(14-9-5-3-6-10-14)13-20-17(18)21-15-11-7-4-8-12-15/h3-12,16H,2,13H2,1H3. The first kappa shape index (κ1) is 15.1. The van der Waals surface area contributed by atoms with Crippen molar-refractivity contribution in [3.8, 4) is 5.75 Å². The van der Waals surface area contributed by atoms with Crippen molar-refractivity contribution in [2.45, 2.75) is 13.0 Å². The highest BCUT2D eigenvalue weighted by molar-refractivity contribution is 5.63. The third kappa shape index (κ3) is 4.93. The first-order valence-electron chi connectivity index (χ1n) is 6.85. The van der Waals surface area contributed by atoms with Crippen LogP contribution in [0.3, 0.4) is 0 Å². The molecule has 4 nitrogen and oxygen atoms in total. The van der Waals surface area contributed by atoms with Gasteiger partial charge >= 0.3 is 6.16 Å². The number of carbonyl (C=O) groups excluding carboxylic acids is 1. The third-order valence-electron chi connectivity index (χ3n) is 2.84. The van der Waals surface area contributed by atoms with E-state index in [0.29, 0.717) is 12.4 Å². The van der Waals surface area contributed by atoms with Crippen molar-refractivity contribution < 1.29 is 19.0 Å². The lowest BCUT2D eigenvalue weighted by molar-refractivity contribution is -0.00108. The summed E-state index contributed by atoms with van der Waals surface area (Å²) in [6.07, 6.45) is -1.03. The van der Waals surface area contributed by atoms with Crippen LogP contribution >= 0.6 is 0 Å². The molecule has 4 heteroatoms. The number of rotatable bonds is 6. The van der Waals surface area contributed by atoms with Gasteiger partial charge in [-0.15, -0.1) is 0 Å².